The van der Waals surface area contributed by atoms with E-state index in [0.717, 1.165) is 6.20 Å². The van der Waals surface area contributed by atoms with Crippen LogP contribution in [0.25, 0.3) is 0 Å². The molecule has 0 atom stereocenters. The second-order valence-electron chi connectivity index (χ2n) is 3.65. The molecule has 0 aromatic carbocycles. The second-order valence-corrected chi connectivity index (χ2v) is 5.42. The number of carboxylic acids is 1. The van der Waals surface area contributed by atoms with Gasteiger partial charge >= 0.3 is 12.1 Å². The van der Waals surface area contributed by atoms with E-state index < -0.39 is 22.1 Å². The molecule has 0 saturated heterocycles. The largest absolute Gasteiger partial charge is 0.481 e. The Labute approximate surface area is 114 Å². The Morgan fingerprint density at radius 1 is 1.50 bits per heavy atom. The first-order valence-corrected chi connectivity index (χ1v) is 6.96. The lowest BCUT2D eigenvalue weighted by molar-refractivity contribution is -0.137. The van der Waals surface area contributed by atoms with Crippen molar-refractivity contribution in [3.8, 4) is 0 Å². The molecule has 0 fully saturated rings. The first-order chi connectivity index (χ1) is 9.31. The second kappa shape index (κ2) is 6.86. The van der Waals surface area contributed by atoms with Crippen molar-refractivity contribution >= 4 is 22.1 Å². The number of hydrogen-bond acceptors (Lipinski definition) is 6. The molecule has 0 spiro atoms. The predicted octanol–water partition coefficient (Wildman–Crippen LogP) is -1.27. The molecule has 0 radical (unpaired) electrons. The molecule has 0 saturated carbocycles. The van der Waals surface area contributed by atoms with Crippen molar-refractivity contribution in [3.05, 3.63) is 12.4 Å². The summed E-state index contributed by atoms with van der Waals surface area (Å²) in [6.07, 6.45) is 1.14. The van der Waals surface area contributed by atoms with Gasteiger partial charge in [0.1, 0.15) is 11.5 Å². The van der Waals surface area contributed by atoms with Gasteiger partial charge in [-0.3, -0.25) is 9.48 Å². The van der Waals surface area contributed by atoms with E-state index in [-0.39, 0.29) is 31.0 Å². The van der Waals surface area contributed by atoms with Crippen molar-refractivity contribution in [1.29, 1.82) is 0 Å². The number of aliphatic carboxylic acids is 1. The van der Waals surface area contributed by atoms with Gasteiger partial charge in [-0.1, -0.05) is 0 Å². The van der Waals surface area contributed by atoms with Gasteiger partial charge in [-0.25, -0.2) is 17.9 Å². The lowest BCUT2D eigenvalue weighted by Crippen LogP contribution is -2.29. The minimum Gasteiger partial charge on any atom is -0.481 e. The zero-order chi connectivity index (χ0) is 15.2. The number of hydrogen-bond donors (Lipinski definition) is 3. The van der Waals surface area contributed by atoms with E-state index in [4.69, 9.17) is 10.8 Å². The standard InChI is InChI=1S/C9H14N4O6S/c10-9(16)19-4-2-12-20(17,18)7-5-11-13(6-7)3-1-8(14)15/h5-6,12H,1-4H2,(H2,10,16)(H,14,15). The number of nitrogens with one attached hydrogen (secondary N) is 1. The summed E-state index contributed by atoms with van der Waals surface area (Å²) >= 11 is 0. The van der Waals surface area contributed by atoms with Gasteiger partial charge < -0.3 is 15.6 Å². The summed E-state index contributed by atoms with van der Waals surface area (Å²) in [5, 5.41) is 12.2. The van der Waals surface area contributed by atoms with Crippen LogP contribution >= 0.6 is 0 Å². The van der Waals surface area contributed by atoms with E-state index in [0.29, 0.717) is 0 Å². The molecule has 1 aromatic rings. The number of carbonyl (C=O) groups excluding carboxylic acids is 1. The number of amides is 1. The first kappa shape index (κ1) is 15.9. The highest BCUT2D eigenvalue weighted by atomic mass is 32.2. The number of aryl methyl sites for hydroxylation is 1. The van der Waals surface area contributed by atoms with Gasteiger partial charge in [0.25, 0.3) is 0 Å². The minimum absolute atomic E-state index is 0.0651. The lowest BCUT2D eigenvalue weighted by atomic mass is 10.4. The maximum absolute atomic E-state index is 11.8. The first-order valence-electron chi connectivity index (χ1n) is 5.47. The highest BCUT2D eigenvalue weighted by molar-refractivity contribution is 7.89. The average Bonchev–Trinajstić information content (AvgIpc) is 2.81. The monoisotopic (exact) mass is 306 g/mol. The molecule has 1 amide bonds. The number of carbonyl (C=O) groups is 2. The summed E-state index contributed by atoms with van der Waals surface area (Å²) in [5.74, 6) is -1.01. The van der Waals surface area contributed by atoms with Crippen LogP contribution in [0.3, 0.4) is 0 Å². The summed E-state index contributed by atoms with van der Waals surface area (Å²) < 4.78 is 31.3. The Morgan fingerprint density at radius 2 is 2.20 bits per heavy atom. The maximum Gasteiger partial charge on any atom is 0.404 e. The van der Waals surface area contributed by atoms with E-state index in [2.05, 4.69) is 14.6 Å². The van der Waals surface area contributed by atoms with Crippen LogP contribution in [0.15, 0.2) is 17.3 Å². The summed E-state index contributed by atoms with van der Waals surface area (Å²) in [6.45, 7) is -0.261. The summed E-state index contributed by atoms with van der Waals surface area (Å²) in [5.41, 5.74) is 4.71. The lowest BCUT2D eigenvalue weighted by Gasteiger charge is -2.04. The van der Waals surface area contributed by atoms with E-state index in [9.17, 15) is 18.0 Å². The van der Waals surface area contributed by atoms with Gasteiger partial charge in [-0.05, 0) is 0 Å². The fourth-order valence-corrected chi connectivity index (χ4v) is 2.19. The highest BCUT2D eigenvalue weighted by Crippen LogP contribution is 2.06. The Hall–Kier alpha value is -2.14. The van der Waals surface area contributed by atoms with E-state index >= 15 is 0 Å². The molecule has 20 heavy (non-hydrogen) atoms. The number of primary amides is 1. The molecule has 0 aliphatic rings. The third kappa shape index (κ3) is 5.24. The normalized spacial score (nSPS) is 11.2. The van der Waals surface area contributed by atoms with Crippen LogP contribution in [0.4, 0.5) is 4.79 Å². The Morgan fingerprint density at radius 3 is 2.80 bits per heavy atom. The van der Waals surface area contributed by atoms with Gasteiger partial charge in [-0.2, -0.15) is 5.10 Å². The fourth-order valence-electron chi connectivity index (χ4n) is 1.23. The minimum atomic E-state index is -3.79. The fraction of sp³-hybridized carbons (Fsp3) is 0.444. The molecule has 0 aliphatic heterocycles. The molecule has 0 unspecified atom stereocenters. The quantitative estimate of drug-likeness (QED) is 0.506. The summed E-state index contributed by atoms with van der Waals surface area (Å²) in [7, 11) is -3.79. The Bertz CT molecular complexity index is 581. The SMILES string of the molecule is NC(=O)OCCNS(=O)(=O)c1cnn(CCC(=O)O)c1. The number of nitrogens with two attached hydrogens (primary N) is 1. The van der Waals surface area contributed by atoms with Crippen molar-refractivity contribution in [3.63, 3.8) is 0 Å². The van der Waals surface area contributed by atoms with Crippen LogP contribution in [-0.2, 0) is 26.1 Å². The number of carboxylic acid groups (broad SMARTS) is 1. The summed E-state index contributed by atoms with van der Waals surface area (Å²) in [4.78, 5) is 20.6. The molecule has 1 heterocycles. The molecule has 0 aliphatic carbocycles. The molecule has 112 valence electrons. The third-order valence-electron chi connectivity index (χ3n) is 2.11. The molecular formula is C9H14N4O6S. The van der Waals surface area contributed by atoms with Gasteiger partial charge in [0, 0.05) is 12.7 Å². The average molecular weight is 306 g/mol. The van der Waals surface area contributed by atoms with Crippen LogP contribution in [0, 0.1) is 0 Å². The number of sulfonamides is 1. The van der Waals surface area contributed by atoms with Crippen molar-refractivity contribution < 1.29 is 27.9 Å². The van der Waals surface area contributed by atoms with E-state index in [1.807, 2.05) is 0 Å². The van der Waals surface area contributed by atoms with Gasteiger partial charge in [-0.15, -0.1) is 0 Å². The van der Waals surface area contributed by atoms with Crippen LogP contribution in [0.2, 0.25) is 0 Å². The summed E-state index contributed by atoms with van der Waals surface area (Å²) in [6, 6.07) is 0. The molecule has 11 heteroatoms. The van der Waals surface area contributed by atoms with Crippen LogP contribution < -0.4 is 10.5 Å². The maximum atomic E-state index is 11.8. The number of aromatic nitrogens is 2. The van der Waals surface area contributed by atoms with E-state index in [1.165, 1.54) is 10.9 Å². The number of ether oxygens (including phenoxy) is 1. The molecule has 4 N–H and O–H groups in total. The zero-order valence-corrected chi connectivity index (χ0v) is 11.2. The Balaban J connectivity index is 2.55. The van der Waals surface area contributed by atoms with Crippen LogP contribution in [-0.4, -0.2) is 48.5 Å². The molecule has 10 nitrogen and oxygen atoms in total. The van der Waals surface area contributed by atoms with Crippen molar-refractivity contribution in [2.45, 2.75) is 17.9 Å². The van der Waals surface area contributed by atoms with Crippen molar-refractivity contribution in [2.75, 3.05) is 13.2 Å². The molecule has 1 rings (SSSR count). The molecule has 0 bridgehead atoms. The highest BCUT2D eigenvalue weighted by Gasteiger charge is 2.16. The van der Waals surface area contributed by atoms with E-state index in [1.54, 1.807) is 0 Å². The topological polar surface area (TPSA) is 154 Å². The van der Waals surface area contributed by atoms with Crippen molar-refractivity contribution in [1.82, 2.24) is 14.5 Å². The number of nitrogens with zero attached hydrogens (tertiary/aromatic N) is 2. The smallest absolute Gasteiger partial charge is 0.404 e. The van der Waals surface area contributed by atoms with Gasteiger partial charge in [0.15, 0.2) is 0 Å². The van der Waals surface area contributed by atoms with Crippen LogP contribution in [0.1, 0.15) is 6.42 Å². The van der Waals surface area contributed by atoms with Crippen LogP contribution in [0.5, 0.6) is 0 Å². The van der Waals surface area contributed by atoms with Gasteiger partial charge in [0.2, 0.25) is 10.0 Å². The molecule has 1 aromatic heterocycles. The zero-order valence-electron chi connectivity index (χ0n) is 10.4. The Kier molecular flexibility index (Phi) is 5.46. The molecular weight excluding hydrogens is 292 g/mol. The number of rotatable bonds is 8. The van der Waals surface area contributed by atoms with Gasteiger partial charge in [0.05, 0.1) is 19.2 Å². The van der Waals surface area contributed by atoms with Crippen molar-refractivity contribution in [2.24, 2.45) is 5.73 Å². The predicted molar refractivity (Wildman–Crippen MR) is 65.2 cm³/mol. The third-order valence-corrected chi connectivity index (χ3v) is 3.53.